The average molecular weight is 496 g/mol. The molecular weight excluding hydrogens is 475 g/mol. The van der Waals surface area contributed by atoms with E-state index in [1.807, 2.05) is 16.8 Å². The van der Waals surface area contributed by atoms with Crippen LogP contribution in [0.4, 0.5) is 29.3 Å². The van der Waals surface area contributed by atoms with Gasteiger partial charge >= 0.3 is 12.2 Å². The number of benzene rings is 2. The first-order chi connectivity index (χ1) is 15.6. The number of carbonyl (C=O) groups is 1. The molecule has 0 atom stereocenters. The van der Waals surface area contributed by atoms with Crippen LogP contribution in [0.3, 0.4) is 0 Å². The van der Waals surface area contributed by atoms with E-state index >= 15 is 0 Å². The maximum Gasteiger partial charge on any atom is 0.416 e. The summed E-state index contributed by atoms with van der Waals surface area (Å²) >= 11 is 1.44. The molecule has 0 spiro atoms. The predicted molar refractivity (Wildman–Crippen MR) is 122 cm³/mol. The number of carbonyl (C=O) groups excluding carboxylic acids is 1. The number of halogens is 3. The summed E-state index contributed by atoms with van der Waals surface area (Å²) in [4.78, 5) is 12.7. The van der Waals surface area contributed by atoms with E-state index in [1.165, 1.54) is 39.9 Å². The van der Waals surface area contributed by atoms with Gasteiger partial charge in [0.25, 0.3) is 0 Å². The van der Waals surface area contributed by atoms with Gasteiger partial charge in [-0.1, -0.05) is 12.1 Å². The normalized spacial score (nSPS) is 14.9. The molecule has 1 saturated heterocycles. The standard InChI is InChI=1S/C22H20F3N3O3S2/c23-22(24,25)16-4-3-5-17(12-16)26-21(29)27-20-13-18(33(30,31)28-9-1-2-10-28)6-7-19(20)15-8-11-32-14-15/h3-8,11-14H,1-2,9-10H2,(H2,26,27,29). The quantitative estimate of drug-likeness (QED) is 0.465. The number of anilines is 2. The van der Waals surface area contributed by atoms with Crippen LogP contribution in [0.25, 0.3) is 11.1 Å². The second-order valence-electron chi connectivity index (χ2n) is 7.49. The van der Waals surface area contributed by atoms with Gasteiger partial charge < -0.3 is 10.6 Å². The fraction of sp³-hybridized carbons (Fsp3) is 0.227. The average Bonchev–Trinajstić information content (AvgIpc) is 3.48. The van der Waals surface area contributed by atoms with Crippen molar-refractivity contribution in [3.8, 4) is 11.1 Å². The van der Waals surface area contributed by atoms with Crippen molar-refractivity contribution in [1.82, 2.24) is 4.31 Å². The third-order valence-electron chi connectivity index (χ3n) is 5.22. The molecule has 2 N–H and O–H groups in total. The lowest BCUT2D eigenvalue weighted by atomic mass is 10.1. The molecule has 0 aliphatic carbocycles. The van der Waals surface area contributed by atoms with Gasteiger partial charge in [-0.2, -0.15) is 28.8 Å². The topological polar surface area (TPSA) is 78.5 Å². The zero-order chi connectivity index (χ0) is 23.6. The second-order valence-corrected chi connectivity index (χ2v) is 10.2. The van der Waals surface area contributed by atoms with Crippen LogP contribution < -0.4 is 10.6 Å². The number of nitrogens with zero attached hydrogens (tertiary/aromatic N) is 1. The number of urea groups is 1. The lowest BCUT2D eigenvalue weighted by Crippen LogP contribution is -2.28. The van der Waals surface area contributed by atoms with Crippen molar-refractivity contribution in [1.29, 1.82) is 0 Å². The molecule has 174 valence electrons. The predicted octanol–water partition coefficient (Wildman–Crippen LogP) is 5.86. The summed E-state index contributed by atoms with van der Waals surface area (Å²) in [6.07, 6.45) is -2.97. The Morgan fingerprint density at radius 3 is 2.42 bits per heavy atom. The smallest absolute Gasteiger partial charge is 0.308 e. The van der Waals surface area contributed by atoms with Gasteiger partial charge in [0, 0.05) is 24.3 Å². The molecule has 0 bridgehead atoms. The van der Waals surface area contributed by atoms with E-state index in [1.54, 1.807) is 6.07 Å². The number of amides is 2. The molecule has 0 saturated carbocycles. The molecule has 0 radical (unpaired) electrons. The molecule has 2 aromatic carbocycles. The van der Waals surface area contributed by atoms with E-state index < -0.39 is 27.8 Å². The Balaban J connectivity index is 1.63. The molecule has 1 fully saturated rings. The molecule has 0 unspecified atom stereocenters. The lowest BCUT2D eigenvalue weighted by Gasteiger charge is -2.18. The Labute approximate surface area is 193 Å². The molecule has 2 amide bonds. The summed E-state index contributed by atoms with van der Waals surface area (Å²) in [5.41, 5.74) is 0.673. The molecule has 1 aromatic heterocycles. The molecule has 4 rings (SSSR count). The van der Waals surface area contributed by atoms with Crippen LogP contribution in [0.5, 0.6) is 0 Å². The zero-order valence-electron chi connectivity index (χ0n) is 17.2. The monoisotopic (exact) mass is 495 g/mol. The summed E-state index contributed by atoms with van der Waals surface area (Å²) in [6.45, 7) is 0.876. The summed E-state index contributed by atoms with van der Waals surface area (Å²) in [7, 11) is -3.72. The maximum atomic E-state index is 13.0. The zero-order valence-corrected chi connectivity index (χ0v) is 18.9. The van der Waals surface area contributed by atoms with Crippen LogP contribution in [-0.2, 0) is 16.2 Å². The van der Waals surface area contributed by atoms with Crippen molar-refractivity contribution in [2.75, 3.05) is 23.7 Å². The third kappa shape index (κ3) is 5.21. The minimum Gasteiger partial charge on any atom is -0.308 e. The van der Waals surface area contributed by atoms with Gasteiger partial charge in [0.2, 0.25) is 10.0 Å². The maximum absolute atomic E-state index is 13.0. The Hall–Kier alpha value is -2.89. The van der Waals surface area contributed by atoms with Gasteiger partial charge in [-0.15, -0.1) is 0 Å². The highest BCUT2D eigenvalue weighted by molar-refractivity contribution is 7.89. The van der Waals surface area contributed by atoms with E-state index in [0.29, 0.717) is 18.7 Å². The molecule has 3 aromatic rings. The van der Waals surface area contributed by atoms with Gasteiger partial charge in [0.05, 0.1) is 16.1 Å². The molecule has 1 aliphatic rings. The van der Waals surface area contributed by atoms with Gasteiger partial charge in [-0.25, -0.2) is 13.2 Å². The summed E-state index contributed by atoms with van der Waals surface area (Å²) in [5.74, 6) is 0. The molecule has 33 heavy (non-hydrogen) atoms. The fourth-order valence-corrected chi connectivity index (χ4v) is 5.79. The first kappa shape index (κ1) is 23.3. The highest BCUT2D eigenvalue weighted by Crippen LogP contribution is 2.34. The first-order valence-corrected chi connectivity index (χ1v) is 12.4. The van der Waals surface area contributed by atoms with Crippen molar-refractivity contribution in [3.05, 3.63) is 64.9 Å². The van der Waals surface area contributed by atoms with E-state index in [9.17, 15) is 26.4 Å². The van der Waals surface area contributed by atoms with E-state index in [0.717, 1.165) is 30.5 Å². The summed E-state index contributed by atoms with van der Waals surface area (Å²) in [6, 6.07) is 9.79. The van der Waals surface area contributed by atoms with Crippen LogP contribution in [-0.4, -0.2) is 31.8 Å². The second kappa shape index (κ2) is 9.16. The van der Waals surface area contributed by atoms with Gasteiger partial charge in [-0.05, 0) is 65.6 Å². The summed E-state index contributed by atoms with van der Waals surface area (Å²) < 4.78 is 66.2. The number of sulfonamides is 1. The van der Waals surface area contributed by atoms with E-state index in [-0.39, 0.29) is 16.3 Å². The number of thiophene rings is 1. The van der Waals surface area contributed by atoms with Crippen molar-refractivity contribution in [2.45, 2.75) is 23.9 Å². The van der Waals surface area contributed by atoms with Crippen LogP contribution in [0.2, 0.25) is 0 Å². The number of hydrogen-bond acceptors (Lipinski definition) is 4. The van der Waals surface area contributed by atoms with Crippen LogP contribution in [0.1, 0.15) is 18.4 Å². The minimum absolute atomic E-state index is 0.0396. The van der Waals surface area contributed by atoms with Gasteiger partial charge in [0.15, 0.2) is 0 Å². The largest absolute Gasteiger partial charge is 0.416 e. The van der Waals surface area contributed by atoms with Crippen molar-refractivity contribution in [2.24, 2.45) is 0 Å². The van der Waals surface area contributed by atoms with E-state index in [2.05, 4.69) is 10.6 Å². The Morgan fingerprint density at radius 2 is 1.76 bits per heavy atom. The SMILES string of the molecule is O=C(Nc1cccc(C(F)(F)F)c1)Nc1cc(S(=O)(=O)N2CCCC2)ccc1-c1ccsc1. The molecular formula is C22H20F3N3O3S2. The lowest BCUT2D eigenvalue weighted by molar-refractivity contribution is -0.137. The molecule has 11 heteroatoms. The third-order valence-corrected chi connectivity index (χ3v) is 7.80. The summed E-state index contributed by atoms with van der Waals surface area (Å²) in [5, 5.41) is 8.67. The van der Waals surface area contributed by atoms with Crippen molar-refractivity contribution in [3.63, 3.8) is 0 Å². The number of rotatable bonds is 5. The highest BCUT2D eigenvalue weighted by Gasteiger charge is 2.31. The Morgan fingerprint density at radius 1 is 1.00 bits per heavy atom. The molecule has 6 nitrogen and oxygen atoms in total. The Bertz CT molecular complexity index is 1250. The number of alkyl halides is 3. The Kier molecular flexibility index (Phi) is 6.46. The van der Waals surface area contributed by atoms with Gasteiger partial charge in [0.1, 0.15) is 0 Å². The van der Waals surface area contributed by atoms with Crippen molar-refractivity contribution >= 4 is 38.8 Å². The first-order valence-electron chi connectivity index (χ1n) is 10.1. The van der Waals surface area contributed by atoms with Gasteiger partial charge in [-0.3, -0.25) is 0 Å². The number of hydrogen-bond donors (Lipinski definition) is 2. The molecule has 1 aliphatic heterocycles. The molecule has 2 heterocycles. The fourth-order valence-electron chi connectivity index (χ4n) is 3.59. The van der Waals surface area contributed by atoms with E-state index in [4.69, 9.17) is 0 Å². The highest BCUT2D eigenvalue weighted by atomic mass is 32.2. The minimum atomic E-state index is -4.54. The number of nitrogens with one attached hydrogen (secondary N) is 2. The van der Waals surface area contributed by atoms with Crippen LogP contribution >= 0.6 is 11.3 Å². The van der Waals surface area contributed by atoms with Crippen molar-refractivity contribution < 1.29 is 26.4 Å². The van der Waals surface area contributed by atoms with Crippen LogP contribution in [0.15, 0.2) is 64.2 Å². The van der Waals surface area contributed by atoms with Crippen LogP contribution in [0, 0.1) is 0 Å².